The quantitative estimate of drug-likeness (QED) is 0.668. The van der Waals surface area contributed by atoms with Crippen LogP contribution in [0.4, 0.5) is 5.69 Å². The Labute approximate surface area is 118 Å². The number of hydrogen-bond donors (Lipinski definition) is 1. The fraction of sp³-hybridized carbons (Fsp3) is 0.200. The molecule has 2 rings (SSSR count). The summed E-state index contributed by atoms with van der Waals surface area (Å²) in [6, 6.07) is 9.03. The summed E-state index contributed by atoms with van der Waals surface area (Å²) in [6.45, 7) is 6.73. The topological polar surface area (TPSA) is 64.2 Å². The Morgan fingerprint density at radius 2 is 2.10 bits per heavy atom. The molecule has 2 aromatic rings. The van der Waals surface area contributed by atoms with Gasteiger partial charge in [-0.1, -0.05) is 6.08 Å². The van der Waals surface area contributed by atoms with E-state index in [0.717, 1.165) is 5.69 Å². The molecule has 0 spiro atoms. The molecule has 0 saturated carbocycles. The first-order chi connectivity index (χ1) is 9.65. The van der Waals surface area contributed by atoms with E-state index in [1.54, 1.807) is 40.1 Å². The Morgan fingerprint density at radius 3 is 2.70 bits per heavy atom. The van der Waals surface area contributed by atoms with Gasteiger partial charge in [0.05, 0.1) is 5.69 Å². The van der Waals surface area contributed by atoms with Gasteiger partial charge in [-0.05, 0) is 37.3 Å². The van der Waals surface area contributed by atoms with Gasteiger partial charge in [-0.3, -0.25) is 4.79 Å². The summed E-state index contributed by atoms with van der Waals surface area (Å²) in [5.74, 6) is -0.0957. The number of rotatable bonds is 5. The number of anilines is 1. The van der Waals surface area contributed by atoms with Crippen molar-refractivity contribution in [3.8, 4) is 5.69 Å². The maximum absolute atomic E-state index is 12.2. The highest BCUT2D eigenvalue weighted by Gasteiger charge is 2.15. The summed E-state index contributed by atoms with van der Waals surface area (Å²) >= 11 is 0. The summed E-state index contributed by atoms with van der Waals surface area (Å²) in [7, 11) is 0. The molecule has 0 bridgehead atoms. The van der Waals surface area contributed by atoms with Crippen molar-refractivity contribution in [1.29, 1.82) is 0 Å². The average molecular weight is 270 g/mol. The van der Waals surface area contributed by atoms with Crippen molar-refractivity contribution in [3.05, 3.63) is 54.9 Å². The molecular formula is C15H18N4O. The van der Waals surface area contributed by atoms with E-state index in [-0.39, 0.29) is 5.91 Å². The maximum Gasteiger partial charge on any atom is 0.274 e. The van der Waals surface area contributed by atoms with Crippen LogP contribution in [0.2, 0.25) is 0 Å². The Kier molecular flexibility index (Phi) is 4.20. The van der Waals surface area contributed by atoms with E-state index in [2.05, 4.69) is 11.7 Å². The zero-order chi connectivity index (χ0) is 14.5. The SMILES string of the molecule is C=CCN(CC)C(=O)c1ccn(-c2ccc(N)cc2)n1. The first kappa shape index (κ1) is 13.9. The van der Waals surface area contributed by atoms with Gasteiger partial charge in [0.1, 0.15) is 0 Å². The number of nitrogens with two attached hydrogens (primary N) is 1. The van der Waals surface area contributed by atoms with Crippen molar-refractivity contribution in [1.82, 2.24) is 14.7 Å². The van der Waals surface area contributed by atoms with Crippen molar-refractivity contribution < 1.29 is 4.79 Å². The van der Waals surface area contributed by atoms with Crippen LogP contribution in [0.5, 0.6) is 0 Å². The molecule has 0 aliphatic carbocycles. The Hall–Kier alpha value is -2.56. The Balaban J connectivity index is 2.22. The highest BCUT2D eigenvalue weighted by atomic mass is 16.2. The number of carbonyl (C=O) groups excluding carboxylic acids is 1. The van der Waals surface area contributed by atoms with Crippen molar-refractivity contribution in [2.45, 2.75) is 6.92 Å². The summed E-state index contributed by atoms with van der Waals surface area (Å²) in [6.07, 6.45) is 3.47. The van der Waals surface area contributed by atoms with Gasteiger partial charge in [0, 0.05) is 25.0 Å². The summed E-state index contributed by atoms with van der Waals surface area (Å²) < 4.78 is 1.66. The van der Waals surface area contributed by atoms with Crippen LogP contribution >= 0.6 is 0 Å². The second kappa shape index (κ2) is 6.06. The third-order valence-electron chi connectivity index (χ3n) is 2.98. The van der Waals surface area contributed by atoms with Gasteiger partial charge < -0.3 is 10.6 Å². The van der Waals surface area contributed by atoms with Crippen molar-refractivity contribution in [2.24, 2.45) is 0 Å². The monoisotopic (exact) mass is 270 g/mol. The highest BCUT2D eigenvalue weighted by Crippen LogP contribution is 2.11. The van der Waals surface area contributed by atoms with Gasteiger partial charge >= 0.3 is 0 Å². The van der Waals surface area contributed by atoms with Gasteiger partial charge in [-0.2, -0.15) is 5.10 Å². The van der Waals surface area contributed by atoms with E-state index in [1.807, 2.05) is 19.1 Å². The van der Waals surface area contributed by atoms with Crippen LogP contribution in [-0.4, -0.2) is 33.7 Å². The molecule has 0 radical (unpaired) electrons. The van der Waals surface area contributed by atoms with Crippen LogP contribution in [0.1, 0.15) is 17.4 Å². The fourth-order valence-corrected chi connectivity index (χ4v) is 1.88. The second-order valence-electron chi connectivity index (χ2n) is 4.37. The molecule has 5 nitrogen and oxygen atoms in total. The average Bonchev–Trinajstić information content (AvgIpc) is 2.94. The van der Waals surface area contributed by atoms with E-state index >= 15 is 0 Å². The van der Waals surface area contributed by atoms with Crippen molar-refractivity contribution in [2.75, 3.05) is 18.8 Å². The second-order valence-corrected chi connectivity index (χ2v) is 4.37. The number of likely N-dealkylation sites (N-methyl/N-ethyl adjacent to an activating group) is 1. The molecule has 1 heterocycles. The van der Waals surface area contributed by atoms with Crippen LogP contribution in [0.3, 0.4) is 0 Å². The number of nitrogens with zero attached hydrogens (tertiary/aromatic N) is 3. The number of nitrogen functional groups attached to an aromatic ring is 1. The molecule has 0 saturated heterocycles. The molecule has 5 heteroatoms. The van der Waals surface area contributed by atoms with Crippen LogP contribution < -0.4 is 5.73 Å². The molecule has 0 atom stereocenters. The predicted molar refractivity (Wildman–Crippen MR) is 79.8 cm³/mol. The smallest absolute Gasteiger partial charge is 0.274 e. The Morgan fingerprint density at radius 1 is 1.40 bits per heavy atom. The highest BCUT2D eigenvalue weighted by molar-refractivity contribution is 5.92. The van der Waals surface area contributed by atoms with E-state index < -0.39 is 0 Å². The van der Waals surface area contributed by atoms with Crippen molar-refractivity contribution in [3.63, 3.8) is 0 Å². The van der Waals surface area contributed by atoms with Gasteiger partial charge in [0.25, 0.3) is 5.91 Å². The van der Waals surface area contributed by atoms with Crippen LogP contribution in [0.25, 0.3) is 5.69 Å². The van der Waals surface area contributed by atoms with Crippen molar-refractivity contribution >= 4 is 11.6 Å². The number of amides is 1. The number of aromatic nitrogens is 2. The summed E-state index contributed by atoms with van der Waals surface area (Å²) in [5.41, 5.74) is 7.63. The largest absolute Gasteiger partial charge is 0.399 e. The first-order valence-corrected chi connectivity index (χ1v) is 6.47. The number of benzene rings is 1. The fourth-order valence-electron chi connectivity index (χ4n) is 1.88. The van der Waals surface area contributed by atoms with E-state index in [9.17, 15) is 4.79 Å². The molecule has 1 aromatic carbocycles. The molecule has 104 valence electrons. The predicted octanol–water partition coefficient (Wildman–Crippen LogP) is 2.10. The summed E-state index contributed by atoms with van der Waals surface area (Å²) in [5, 5.41) is 4.31. The van der Waals surface area contributed by atoms with E-state index in [0.29, 0.717) is 24.5 Å². The number of hydrogen-bond acceptors (Lipinski definition) is 3. The van der Waals surface area contributed by atoms with Crippen LogP contribution in [0, 0.1) is 0 Å². The van der Waals surface area contributed by atoms with Gasteiger partial charge in [0.15, 0.2) is 5.69 Å². The molecular weight excluding hydrogens is 252 g/mol. The lowest BCUT2D eigenvalue weighted by atomic mass is 10.3. The lowest BCUT2D eigenvalue weighted by Gasteiger charge is -2.17. The maximum atomic E-state index is 12.2. The third-order valence-corrected chi connectivity index (χ3v) is 2.98. The molecule has 0 aliphatic heterocycles. The third kappa shape index (κ3) is 2.88. The van der Waals surface area contributed by atoms with E-state index in [4.69, 9.17) is 5.73 Å². The minimum Gasteiger partial charge on any atom is -0.399 e. The lowest BCUT2D eigenvalue weighted by Crippen LogP contribution is -2.31. The van der Waals surface area contributed by atoms with Gasteiger partial charge in [-0.25, -0.2) is 4.68 Å². The molecule has 1 amide bonds. The van der Waals surface area contributed by atoms with Crippen LogP contribution in [0.15, 0.2) is 49.2 Å². The molecule has 1 aromatic heterocycles. The lowest BCUT2D eigenvalue weighted by molar-refractivity contribution is 0.0776. The molecule has 0 unspecified atom stereocenters. The zero-order valence-corrected chi connectivity index (χ0v) is 11.5. The standard InChI is InChI=1S/C15H18N4O/c1-3-10-18(4-2)15(20)14-9-11-19(17-14)13-7-5-12(16)6-8-13/h3,5-9,11H,1,4,10,16H2,2H3. The molecule has 0 aliphatic rings. The molecule has 0 fully saturated rings. The Bertz CT molecular complexity index is 601. The minimum atomic E-state index is -0.0957. The zero-order valence-electron chi connectivity index (χ0n) is 11.5. The molecule has 2 N–H and O–H groups in total. The summed E-state index contributed by atoms with van der Waals surface area (Å²) in [4.78, 5) is 13.9. The van der Waals surface area contributed by atoms with Gasteiger partial charge in [-0.15, -0.1) is 6.58 Å². The minimum absolute atomic E-state index is 0.0957. The number of carbonyl (C=O) groups is 1. The van der Waals surface area contributed by atoms with Gasteiger partial charge in [0.2, 0.25) is 0 Å². The van der Waals surface area contributed by atoms with Crippen LogP contribution in [-0.2, 0) is 0 Å². The first-order valence-electron chi connectivity index (χ1n) is 6.47. The van der Waals surface area contributed by atoms with E-state index in [1.165, 1.54) is 0 Å². The normalized spacial score (nSPS) is 10.2. The molecule has 20 heavy (non-hydrogen) atoms.